The first-order valence-corrected chi connectivity index (χ1v) is 10.2. The van der Waals surface area contributed by atoms with Crippen molar-refractivity contribution in [3.8, 4) is 0 Å². The Morgan fingerprint density at radius 3 is 1.46 bits per heavy atom. The molecule has 0 aliphatic heterocycles. The van der Waals surface area contributed by atoms with Gasteiger partial charge in [-0.3, -0.25) is 4.79 Å². The van der Waals surface area contributed by atoms with Crippen LogP contribution in [-0.2, 0) is 21.1 Å². The molecule has 0 atom stereocenters. The maximum absolute atomic E-state index is 11.6. The van der Waals surface area contributed by atoms with Crippen molar-refractivity contribution in [1.82, 2.24) is 0 Å². The Kier molecular flexibility index (Phi) is 9.91. The number of benzene rings is 2. The average Bonchev–Trinajstić information content (AvgIpc) is 2.66. The predicted molar refractivity (Wildman–Crippen MR) is 109 cm³/mol. The van der Waals surface area contributed by atoms with Crippen LogP contribution in [0, 0.1) is 0 Å². The Balaban J connectivity index is 0.000000597. The molecule has 0 aliphatic rings. The minimum Gasteiger partial charge on any atom is -0.481 e. The van der Waals surface area contributed by atoms with E-state index in [9.17, 15) is 14.7 Å². The zero-order valence-corrected chi connectivity index (χ0v) is 16.6. The Labute approximate surface area is 163 Å². The van der Waals surface area contributed by atoms with Gasteiger partial charge in [0, 0.05) is 17.9 Å². The Hall–Kier alpha value is -1.92. The summed E-state index contributed by atoms with van der Waals surface area (Å²) >= 11 is 2.94. The van der Waals surface area contributed by atoms with Gasteiger partial charge >= 0.3 is 11.9 Å². The topological polar surface area (TPSA) is 74.6 Å². The third kappa shape index (κ3) is 8.45. The van der Waals surface area contributed by atoms with Crippen molar-refractivity contribution >= 4 is 35.5 Å². The summed E-state index contributed by atoms with van der Waals surface area (Å²) in [6, 6.07) is 19.9. The van der Waals surface area contributed by atoms with Gasteiger partial charge in [-0.1, -0.05) is 67.6 Å². The molecule has 0 heterocycles. The van der Waals surface area contributed by atoms with Crippen molar-refractivity contribution in [2.45, 2.75) is 35.9 Å². The van der Waals surface area contributed by atoms with Gasteiger partial charge < -0.3 is 10.2 Å². The second-order valence-corrected chi connectivity index (χ2v) is 8.59. The second kappa shape index (κ2) is 11.6. The van der Waals surface area contributed by atoms with Crippen molar-refractivity contribution in [1.29, 1.82) is 0 Å². The molecule has 2 rings (SSSR count). The lowest BCUT2D eigenvalue weighted by Crippen LogP contribution is -2.27. The number of hydrogen-bond acceptors (Lipinski definition) is 4. The monoisotopic (exact) mass is 392 g/mol. The van der Waals surface area contributed by atoms with Crippen molar-refractivity contribution in [2.75, 3.05) is 0 Å². The van der Waals surface area contributed by atoms with Crippen LogP contribution in [0.4, 0.5) is 0 Å². The van der Waals surface area contributed by atoms with Gasteiger partial charge in [-0.2, -0.15) is 0 Å². The first-order chi connectivity index (χ1) is 12.4. The van der Waals surface area contributed by atoms with Crippen LogP contribution in [0.1, 0.15) is 31.4 Å². The van der Waals surface area contributed by atoms with Gasteiger partial charge in [0.05, 0.1) is 0 Å². The van der Waals surface area contributed by atoms with E-state index in [0.29, 0.717) is 11.5 Å². The summed E-state index contributed by atoms with van der Waals surface area (Å²) in [5.74, 6) is -0.119. The molecule has 140 valence electrons. The molecule has 0 spiro atoms. The van der Waals surface area contributed by atoms with Crippen LogP contribution in [0.15, 0.2) is 60.7 Å². The number of thioether (sulfide) groups is 2. The van der Waals surface area contributed by atoms with E-state index in [-0.39, 0.29) is 6.42 Å². The summed E-state index contributed by atoms with van der Waals surface area (Å²) in [5, 5.41) is 17.3. The Morgan fingerprint density at radius 1 is 0.846 bits per heavy atom. The van der Waals surface area contributed by atoms with Crippen LogP contribution >= 0.6 is 23.5 Å². The number of carboxylic acid groups (broad SMARTS) is 2. The van der Waals surface area contributed by atoms with Crippen LogP contribution in [0.2, 0.25) is 0 Å². The van der Waals surface area contributed by atoms with Gasteiger partial charge in [-0.25, -0.2) is 4.79 Å². The Morgan fingerprint density at radius 2 is 1.19 bits per heavy atom. The molecule has 0 unspecified atom stereocenters. The standard InChI is InChI=1S/C17H18O2S2.C3H6O2/c1-17(16(18)19,20-12-14-8-4-2-5-9-14)21-13-15-10-6-3-7-11-15;1-2-3(4)5/h2-11H,12-13H2,1H3,(H,18,19);2H2,1H3,(H,4,5). The molecule has 6 heteroatoms. The SMILES string of the molecule is CC(SCc1ccccc1)(SCc1ccccc1)C(=O)O.CCC(=O)O. The van der Waals surface area contributed by atoms with Crippen molar-refractivity contribution in [3.63, 3.8) is 0 Å². The highest BCUT2D eigenvalue weighted by molar-refractivity contribution is 8.18. The van der Waals surface area contributed by atoms with Crippen LogP contribution < -0.4 is 0 Å². The highest BCUT2D eigenvalue weighted by atomic mass is 32.2. The van der Waals surface area contributed by atoms with E-state index in [1.807, 2.05) is 60.7 Å². The minimum absolute atomic E-state index is 0.222. The van der Waals surface area contributed by atoms with E-state index in [1.54, 1.807) is 13.8 Å². The summed E-state index contributed by atoms with van der Waals surface area (Å²) in [4.78, 5) is 21.0. The van der Waals surface area contributed by atoms with E-state index in [1.165, 1.54) is 23.5 Å². The number of rotatable bonds is 8. The maximum atomic E-state index is 11.6. The molecule has 2 aromatic rings. The zero-order valence-electron chi connectivity index (χ0n) is 14.9. The molecule has 0 aromatic heterocycles. The molecule has 26 heavy (non-hydrogen) atoms. The molecule has 0 saturated heterocycles. The smallest absolute Gasteiger partial charge is 0.329 e. The molecule has 2 aromatic carbocycles. The first kappa shape index (κ1) is 22.1. The van der Waals surface area contributed by atoms with Gasteiger partial charge in [0.25, 0.3) is 0 Å². The van der Waals surface area contributed by atoms with Crippen LogP contribution in [0.5, 0.6) is 0 Å². The number of carbonyl (C=O) groups is 2. The van der Waals surface area contributed by atoms with E-state index in [2.05, 4.69) is 0 Å². The fourth-order valence-corrected chi connectivity index (χ4v) is 3.96. The molecule has 2 N–H and O–H groups in total. The predicted octanol–water partition coefficient (Wildman–Crippen LogP) is 5.14. The Bertz CT molecular complexity index is 631. The first-order valence-electron chi connectivity index (χ1n) is 8.18. The van der Waals surface area contributed by atoms with E-state index in [0.717, 1.165) is 11.1 Å². The molecular formula is C20H24O4S2. The highest BCUT2D eigenvalue weighted by Gasteiger charge is 2.34. The number of hydrogen-bond donors (Lipinski definition) is 2. The average molecular weight is 393 g/mol. The molecular weight excluding hydrogens is 368 g/mol. The summed E-state index contributed by atoms with van der Waals surface area (Å²) < 4.78 is -0.842. The summed E-state index contributed by atoms with van der Waals surface area (Å²) in [6.45, 7) is 3.39. The molecule has 0 amide bonds. The van der Waals surface area contributed by atoms with E-state index < -0.39 is 16.0 Å². The third-order valence-electron chi connectivity index (χ3n) is 3.41. The fourth-order valence-electron chi connectivity index (χ4n) is 1.76. The van der Waals surface area contributed by atoms with Crippen LogP contribution in [0.25, 0.3) is 0 Å². The largest absolute Gasteiger partial charge is 0.481 e. The lowest BCUT2D eigenvalue weighted by Gasteiger charge is -2.23. The zero-order chi connectivity index (χ0) is 19.4. The molecule has 4 nitrogen and oxygen atoms in total. The van der Waals surface area contributed by atoms with E-state index >= 15 is 0 Å². The highest BCUT2D eigenvalue weighted by Crippen LogP contribution is 2.40. The lowest BCUT2D eigenvalue weighted by atomic mass is 10.2. The quantitative estimate of drug-likeness (QED) is 0.606. The van der Waals surface area contributed by atoms with Gasteiger partial charge in [0.2, 0.25) is 0 Å². The van der Waals surface area contributed by atoms with Crippen LogP contribution in [-0.4, -0.2) is 26.2 Å². The van der Waals surface area contributed by atoms with Gasteiger partial charge in [0.1, 0.15) is 0 Å². The van der Waals surface area contributed by atoms with Gasteiger partial charge in [0.15, 0.2) is 4.08 Å². The molecule has 0 radical (unpaired) electrons. The van der Waals surface area contributed by atoms with E-state index in [4.69, 9.17) is 5.11 Å². The normalized spacial score (nSPS) is 10.5. The summed E-state index contributed by atoms with van der Waals surface area (Å²) in [5.41, 5.74) is 2.30. The second-order valence-electron chi connectivity index (χ2n) is 5.55. The molecule has 0 aliphatic carbocycles. The van der Waals surface area contributed by atoms with Crippen molar-refractivity contribution in [2.24, 2.45) is 0 Å². The minimum atomic E-state index is -0.842. The van der Waals surface area contributed by atoms with Crippen LogP contribution in [0.3, 0.4) is 0 Å². The maximum Gasteiger partial charge on any atom is 0.329 e. The van der Waals surface area contributed by atoms with Crippen molar-refractivity contribution in [3.05, 3.63) is 71.8 Å². The fraction of sp³-hybridized carbons (Fsp3) is 0.300. The lowest BCUT2D eigenvalue weighted by molar-refractivity contribution is -0.137. The van der Waals surface area contributed by atoms with Crippen molar-refractivity contribution < 1.29 is 19.8 Å². The van der Waals surface area contributed by atoms with Gasteiger partial charge in [-0.05, 0) is 18.1 Å². The summed E-state index contributed by atoms with van der Waals surface area (Å²) in [7, 11) is 0. The third-order valence-corrected chi connectivity index (χ3v) is 6.52. The molecule has 0 fully saturated rings. The number of carboxylic acids is 2. The summed E-state index contributed by atoms with van der Waals surface area (Å²) in [6.07, 6.45) is 0.222. The number of aliphatic carboxylic acids is 2. The molecule has 0 saturated carbocycles. The van der Waals surface area contributed by atoms with Gasteiger partial charge in [-0.15, -0.1) is 23.5 Å². The molecule has 0 bridgehead atoms.